The lowest BCUT2D eigenvalue weighted by atomic mass is 9.98. The Hall–Kier alpha value is -1.84. The second-order valence-corrected chi connectivity index (χ2v) is 7.26. The molecular weight excluding hydrogens is 356 g/mol. The summed E-state index contributed by atoms with van der Waals surface area (Å²) < 4.78 is 0. The molecule has 4 heteroatoms. The number of carbonyl (C=O) groups is 1. The monoisotopic (exact) mass is 386 g/mol. The average molecular weight is 387 g/mol. The molecule has 27 heavy (non-hydrogen) atoms. The standard InChI is InChI=1S/C23H30N2O.ClH/c1-3-23(26)25(21-12-8-5-9-13-21)22-14-16-24(17-15-22)19(2)18-20-10-6-4-7-11-20;/h4-13,19,22H,3,14-18H2,1-2H3;1H. The van der Waals surface area contributed by atoms with E-state index >= 15 is 0 Å². The first-order valence-corrected chi connectivity index (χ1v) is 9.84. The van der Waals surface area contributed by atoms with Gasteiger partial charge in [-0.1, -0.05) is 55.5 Å². The second kappa shape index (κ2) is 10.5. The zero-order valence-corrected chi connectivity index (χ0v) is 17.2. The van der Waals surface area contributed by atoms with Crippen molar-refractivity contribution in [2.24, 2.45) is 0 Å². The van der Waals surface area contributed by atoms with Gasteiger partial charge in [0.1, 0.15) is 0 Å². The van der Waals surface area contributed by atoms with Crippen LogP contribution >= 0.6 is 12.4 Å². The van der Waals surface area contributed by atoms with Crippen LogP contribution in [0.15, 0.2) is 60.7 Å². The first kappa shape index (κ1) is 21.5. The van der Waals surface area contributed by atoms with Crippen LogP contribution < -0.4 is 4.90 Å². The van der Waals surface area contributed by atoms with E-state index in [0.29, 0.717) is 18.5 Å². The summed E-state index contributed by atoms with van der Waals surface area (Å²) in [4.78, 5) is 17.2. The zero-order valence-electron chi connectivity index (χ0n) is 16.4. The highest BCUT2D eigenvalue weighted by atomic mass is 35.5. The van der Waals surface area contributed by atoms with Crippen LogP contribution in [0.2, 0.25) is 0 Å². The molecule has 0 aliphatic carbocycles. The van der Waals surface area contributed by atoms with Crippen LogP contribution in [0, 0.1) is 0 Å². The molecule has 0 saturated carbocycles. The summed E-state index contributed by atoms with van der Waals surface area (Å²) in [6.07, 6.45) is 3.72. The molecule has 3 nitrogen and oxygen atoms in total. The van der Waals surface area contributed by atoms with Gasteiger partial charge in [-0.3, -0.25) is 4.79 Å². The van der Waals surface area contributed by atoms with E-state index < -0.39 is 0 Å². The lowest BCUT2D eigenvalue weighted by Gasteiger charge is -2.40. The molecule has 0 spiro atoms. The molecule has 1 aliphatic heterocycles. The van der Waals surface area contributed by atoms with Crippen LogP contribution in [0.1, 0.15) is 38.7 Å². The summed E-state index contributed by atoms with van der Waals surface area (Å²) in [7, 11) is 0. The molecule has 2 aromatic carbocycles. The summed E-state index contributed by atoms with van der Waals surface area (Å²) in [5.74, 6) is 0.229. The number of hydrogen-bond acceptors (Lipinski definition) is 2. The van der Waals surface area contributed by atoms with Crippen LogP contribution in [-0.4, -0.2) is 36.0 Å². The predicted octanol–water partition coefficient (Wildman–Crippen LogP) is 4.95. The average Bonchev–Trinajstić information content (AvgIpc) is 2.70. The Bertz CT molecular complexity index is 684. The summed E-state index contributed by atoms with van der Waals surface area (Å²) in [5.41, 5.74) is 2.43. The van der Waals surface area contributed by atoms with Gasteiger partial charge in [0.2, 0.25) is 5.91 Å². The molecule has 1 atom stereocenters. The van der Waals surface area contributed by atoms with Gasteiger partial charge in [0.05, 0.1) is 0 Å². The van der Waals surface area contributed by atoms with Crippen LogP contribution in [0.25, 0.3) is 0 Å². The Morgan fingerprint density at radius 1 is 1.04 bits per heavy atom. The highest BCUT2D eigenvalue weighted by Crippen LogP contribution is 2.25. The number of halogens is 1. The maximum Gasteiger partial charge on any atom is 0.226 e. The number of hydrogen-bond donors (Lipinski definition) is 0. The lowest BCUT2D eigenvalue weighted by Crippen LogP contribution is -2.49. The van der Waals surface area contributed by atoms with Crippen molar-refractivity contribution in [1.29, 1.82) is 0 Å². The number of rotatable bonds is 6. The number of likely N-dealkylation sites (tertiary alicyclic amines) is 1. The minimum atomic E-state index is 0. The van der Waals surface area contributed by atoms with Gasteiger partial charge in [-0.15, -0.1) is 12.4 Å². The van der Waals surface area contributed by atoms with Gasteiger partial charge in [-0.05, 0) is 43.9 Å². The number of piperidine rings is 1. The molecule has 1 aliphatic rings. The van der Waals surface area contributed by atoms with Gasteiger partial charge >= 0.3 is 0 Å². The van der Waals surface area contributed by atoms with Gasteiger partial charge in [-0.2, -0.15) is 0 Å². The van der Waals surface area contributed by atoms with Crippen molar-refractivity contribution in [2.75, 3.05) is 18.0 Å². The molecule has 1 fully saturated rings. The largest absolute Gasteiger partial charge is 0.309 e. The van der Waals surface area contributed by atoms with Crippen LogP contribution in [0.3, 0.4) is 0 Å². The molecular formula is C23H31ClN2O. The summed E-state index contributed by atoms with van der Waals surface area (Å²) in [5, 5.41) is 0. The Balaban J connectivity index is 0.00000261. The third kappa shape index (κ3) is 5.57. The SMILES string of the molecule is CCC(=O)N(c1ccccc1)C1CCN(C(C)Cc2ccccc2)CC1.Cl. The van der Waals surface area contributed by atoms with Gasteiger partial charge < -0.3 is 9.80 Å². The normalized spacial score (nSPS) is 16.4. The minimum absolute atomic E-state index is 0. The molecule has 1 saturated heterocycles. The van der Waals surface area contributed by atoms with E-state index in [1.165, 1.54) is 5.56 Å². The first-order valence-electron chi connectivity index (χ1n) is 9.84. The Kier molecular flexibility index (Phi) is 8.33. The van der Waals surface area contributed by atoms with Gasteiger partial charge in [0.25, 0.3) is 0 Å². The molecule has 0 aromatic heterocycles. The number of anilines is 1. The van der Waals surface area contributed by atoms with E-state index in [0.717, 1.165) is 38.0 Å². The summed E-state index contributed by atoms with van der Waals surface area (Å²) in [6.45, 7) is 6.38. The second-order valence-electron chi connectivity index (χ2n) is 7.26. The predicted molar refractivity (Wildman–Crippen MR) is 116 cm³/mol. The van der Waals surface area contributed by atoms with E-state index in [-0.39, 0.29) is 18.3 Å². The van der Waals surface area contributed by atoms with E-state index in [1.54, 1.807) is 0 Å². The molecule has 0 radical (unpaired) electrons. The van der Waals surface area contributed by atoms with Crippen molar-refractivity contribution < 1.29 is 4.79 Å². The molecule has 1 amide bonds. The zero-order chi connectivity index (χ0) is 18.4. The Labute approximate surface area is 169 Å². The molecule has 1 unspecified atom stereocenters. The summed E-state index contributed by atoms with van der Waals surface area (Å²) >= 11 is 0. The molecule has 0 bridgehead atoms. The highest BCUT2D eigenvalue weighted by Gasteiger charge is 2.29. The van der Waals surface area contributed by atoms with E-state index in [9.17, 15) is 4.79 Å². The quantitative estimate of drug-likeness (QED) is 0.701. The van der Waals surface area contributed by atoms with Crippen LogP contribution in [0.4, 0.5) is 5.69 Å². The third-order valence-corrected chi connectivity index (χ3v) is 5.47. The highest BCUT2D eigenvalue weighted by molar-refractivity contribution is 5.93. The van der Waals surface area contributed by atoms with Gasteiger partial charge in [0, 0.05) is 37.3 Å². The number of amides is 1. The number of nitrogens with zero attached hydrogens (tertiary/aromatic N) is 2. The van der Waals surface area contributed by atoms with Crippen molar-refractivity contribution in [3.8, 4) is 0 Å². The Morgan fingerprint density at radius 3 is 2.15 bits per heavy atom. The maximum absolute atomic E-state index is 12.6. The fourth-order valence-corrected chi connectivity index (χ4v) is 3.99. The van der Waals surface area contributed by atoms with E-state index in [1.807, 2.05) is 30.0 Å². The third-order valence-electron chi connectivity index (χ3n) is 5.47. The van der Waals surface area contributed by atoms with Crippen molar-refractivity contribution in [3.63, 3.8) is 0 Å². The molecule has 146 valence electrons. The first-order chi connectivity index (χ1) is 12.7. The Morgan fingerprint density at radius 2 is 1.59 bits per heavy atom. The number of carbonyl (C=O) groups excluding carboxylic acids is 1. The fourth-order valence-electron chi connectivity index (χ4n) is 3.99. The number of para-hydroxylation sites is 1. The van der Waals surface area contributed by atoms with Crippen molar-refractivity contribution in [2.45, 2.75) is 51.6 Å². The van der Waals surface area contributed by atoms with E-state index in [4.69, 9.17) is 0 Å². The molecule has 2 aromatic rings. The maximum atomic E-state index is 12.6. The van der Waals surface area contributed by atoms with Crippen molar-refractivity contribution in [1.82, 2.24) is 4.90 Å². The smallest absolute Gasteiger partial charge is 0.226 e. The van der Waals surface area contributed by atoms with E-state index in [2.05, 4.69) is 54.3 Å². The number of benzene rings is 2. The fraction of sp³-hybridized carbons (Fsp3) is 0.435. The molecule has 0 N–H and O–H groups in total. The van der Waals surface area contributed by atoms with Gasteiger partial charge in [0.15, 0.2) is 0 Å². The van der Waals surface area contributed by atoms with Crippen LogP contribution in [0.5, 0.6) is 0 Å². The lowest BCUT2D eigenvalue weighted by molar-refractivity contribution is -0.119. The minimum Gasteiger partial charge on any atom is -0.309 e. The molecule has 1 heterocycles. The van der Waals surface area contributed by atoms with Crippen LogP contribution in [-0.2, 0) is 11.2 Å². The van der Waals surface area contributed by atoms with Crippen molar-refractivity contribution >= 4 is 24.0 Å². The van der Waals surface area contributed by atoms with Gasteiger partial charge in [-0.25, -0.2) is 0 Å². The topological polar surface area (TPSA) is 23.6 Å². The summed E-state index contributed by atoms with van der Waals surface area (Å²) in [6, 6.07) is 21.7. The molecule has 3 rings (SSSR count). The van der Waals surface area contributed by atoms with Crippen molar-refractivity contribution in [3.05, 3.63) is 66.2 Å².